The molecule has 1 heterocycles. The number of Topliss-reactive ketones (excluding diaryl/α,β-unsaturated/α-hetero) is 1. The van der Waals surface area contributed by atoms with Gasteiger partial charge in [-0.3, -0.25) is 4.79 Å². The van der Waals surface area contributed by atoms with E-state index in [1.807, 2.05) is 31.2 Å². The van der Waals surface area contributed by atoms with E-state index >= 15 is 0 Å². The monoisotopic (exact) mass is 532 g/mol. The molecule has 0 spiro atoms. The molecule has 0 unspecified atom stereocenters. The fourth-order valence-corrected chi connectivity index (χ4v) is 4.87. The Labute approximate surface area is 223 Å². The van der Waals surface area contributed by atoms with Crippen LogP contribution in [-0.2, 0) is 22.4 Å². The molecular weight excluding hydrogens is 492 g/mol. The van der Waals surface area contributed by atoms with Crippen molar-refractivity contribution in [2.24, 2.45) is 5.41 Å². The fourth-order valence-electron chi connectivity index (χ4n) is 4.87. The van der Waals surface area contributed by atoms with Crippen molar-refractivity contribution in [3.8, 4) is 5.75 Å². The van der Waals surface area contributed by atoms with Crippen LogP contribution in [0, 0.1) is 5.41 Å². The summed E-state index contributed by atoms with van der Waals surface area (Å²) >= 11 is 0. The van der Waals surface area contributed by atoms with Crippen molar-refractivity contribution in [3.05, 3.63) is 64.7 Å². The van der Waals surface area contributed by atoms with Gasteiger partial charge in [0.25, 0.3) is 0 Å². The van der Waals surface area contributed by atoms with E-state index in [1.165, 1.54) is 6.07 Å². The number of carbonyl (C=O) groups is 1. The predicted octanol–water partition coefficient (Wildman–Crippen LogP) is 1.16. The first-order chi connectivity index (χ1) is 18.2. The second-order valence-corrected chi connectivity index (χ2v) is 10.4. The molecule has 5 atom stereocenters. The summed E-state index contributed by atoms with van der Waals surface area (Å²) in [5, 5.41) is 69.5. The minimum atomic E-state index is -1.53. The molecule has 1 saturated heterocycles. The zero-order chi connectivity index (χ0) is 27.9. The van der Waals surface area contributed by atoms with Crippen LogP contribution in [0.3, 0.4) is 0 Å². The van der Waals surface area contributed by atoms with Gasteiger partial charge in [0.1, 0.15) is 42.1 Å². The highest BCUT2D eigenvalue weighted by atomic mass is 16.5. The third-order valence-electron chi connectivity index (χ3n) is 7.64. The largest absolute Gasteiger partial charge is 0.508 e. The number of aliphatic hydroxyl groups is 6. The highest BCUT2D eigenvalue weighted by molar-refractivity contribution is 5.79. The van der Waals surface area contributed by atoms with Gasteiger partial charge in [-0.15, -0.1) is 0 Å². The van der Waals surface area contributed by atoms with Crippen LogP contribution in [-0.4, -0.2) is 85.8 Å². The molecule has 9 heteroatoms. The van der Waals surface area contributed by atoms with Gasteiger partial charge in [0.15, 0.2) is 0 Å². The van der Waals surface area contributed by atoms with Crippen LogP contribution in [0.4, 0.5) is 0 Å². The van der Waals surface area contributed by atoms with E-state index in [2.05, 4.69) is 0 Å². The van der Waals surface area contributed by atoms with Crippen LogP contribution in [0.5, 0.6) is 5.75 Å². The molecule has 7 N–H and O–H groups in total. The van der Waals surface area contributed by atoms with Crippen molar-refractivity contribution in [3.63, 3.8) is 0 Å². The smallest absolute Gasteiger partial charge is 0.133 e. The predicted molar refractivity (Wildman–Crippen MR) is 140 cm³/mol. The van der Waals surface area contributed by atoms with Crippen molar-refractivity contribution >= 4 is 5.78 Å². The molecule has 38 heavy (non-hydrogen) atoms. The van der Waals surface area contributed by atoms with Crippen molar-refractivity contribution < 1.29 is 45.3 Å². The van der Waals surface area contributed by atoms with Crippen molar-refractivity contribution in [1.82, 2.24) is 0 Å². The standard InChI is InChI=1S/C29H40O9/c1-2-29(16-31,17-32)14-21(33)5-3-4-18-6-8-19(9-7-18)12-20-10-11-23(34)22(13-20)28-27(37)26(36)25(35)24(15-30)38-28/h6-11,13,24-28,30-32,34-37H,2-5,12,14-17H2,1H3/t24-,25-,26+,27-,28+/m1/s1. The maximum absolute atomic E-state index is 12.3. The molecule has 0 amide bonds. The van der Waals surface area contributed by atoms with Crippen molar-refractivity contribution in [2.45, 2.75) is 76.0 Å². The number of benzene rings is 2. The number of hydrogen-bond donors (Lipinski definition) is 7. The fraction of sp³-hybridized carbons (Fsp3) is 0.552. The summed E-state index contributed by atoms with van der Waals surface area (Å²) in [6.45, 7) is 0.888. The minimum Gasteiger partial charge on any atom is -0.508 e. The number of ether oxygens (including phenoxy) is 1. The quantitative estimate of drug-likeness (QED) is 0.200. The van der Waals surface area contributed by atoms with E-state index in [4.69, 9.17) is 4.74 Å². The molecule has 2 aromatic rings. The Morgan fingerprint density at radius 1 is 0.895 bits per heavy atom. The van der Waals surface area contributed by atoms with E-state index in [-0.39, 0.29) is 36.7 Å². The second kappa shape index (κ2) is 13.6. The number of phenols is 1. The first kappa shape index (κ1) is 30.2. The topological polar surface area (TPSA) is 168 Å². The molecule has 2 aromatic carbocycles. The first-order valence-electron chi connectivity index (χ1n) is 13.1. The van der Waals surface area contributed by atoms with Gasteiger partial charge in [-0.05, 0) is 54.5 Å². The Bertz CT molecular complexity index is 1020. The van der Waals surface area contributed by atoms with E-state index in [9.17, 15) is 40.5 Å². The Hall–Kier alpha value is -2.37. The van der Waals surface area contributed by atoms with Crippen LogP contribution in [0.15, 0.2) is 42.5 Å². The zero-order valence-corrected chi connectivity index (χ0v) is 21.7. The molecule has 3 rings (SSSR count). The normalized spacial score (nSPS) is 23.9. The summed E-state index contributed by atoms with van der Waals surface area (Å²) in [5.41, 5.74) is 2.44. The summed E-state index contributed by atoms with van der Waals surface area (Å²) in [6, 6.07) is 12.9. The van der Waals surface area contributed by atoms with Gasteiger partial charge in [0.2, 0.25) is 0 Å². The number of aliphatic hydroxyl groups excluding tert-OH is 6. The summed E-state index contributed by atoms with van der Waals surface area (Å²) < 4.78 is 5.60. The first-order valence-corrected chi connectivity index (χ1v) is 13.1. The molecule has 0 saturated carbocycles. The van der Waals surface area contributed by atoms with Gasteiger partial charge < -0.3 is 40.5 Å². The third kappa shape index (κ3) is 7.18. The number of ketones is 1. The molecule has 1 fully saturated rings. The lowest BCUT2D eigenvalue weighted by Gasteiger charge is -2.40. The van der Waals surface area contributed by atoms with Gasteiger partial charge in [-0.1, -0.05) is 37.3 Å². The Balaban J connectivity index is 1.59. The molecule has 0 bridgehead atoms. The molecular formula is C29H40O9. The molecule has 0 aromatic heterocycles. The summed E-state index contributed by atoms with van der Waals surface area (Å²) in [7, 11) is 0. The maximum Gasteiger partial charge on any atom is 0.133 e. The summed E-state index contributed by atoms with van der Waals surface area (Å²) in [4.78, 5) is 12.3. The average Bonchev–Trinajstić information content (AvgIpc) is 2.93. The van der Waals surface area contributed by atoms with Crippen LogP contribution in [0.2, 0.25) is 0 Å². The van der Waals surface area contributed by atoms with Crippen LogP contribution in [0.25, 0.3) is 0 Å². The summed E-state index contributed by atoms with van der Waals surface area (Å²) in [6.07, 6.45) is -3.64. The number of rotatable bonds is 13. The van der Waals surface area contributed by atoms with Crippen LogP contribution < -0.4 is 0 Å². The average molecular weight is 533 g/mol. The molecule has 0 radical (unpaired) electrons. The molecule has 9 nitrogen and oxygen atoms in total. The zero-order valence-electron chi connectivity index (χ0n) is 21.7. The van der Waals surface area contributed by atoms with Gasteiger partial charge in [-0.25, -0.2) is 0 Å². The SMILES string of the molecule is CCC(CO)(CO)CC(=O)CCCc1ccc(Cc2ccc(O)c([C@@H]3O[C@H](CO)[C@@H](O)[C@H](O)[C@H]3O)c2)cc1. The highest BCUT2D eigenvalue weighted by Crippen LogP contribution is 2.37. The van der Waals surface area contributed by atoms with E-state index in [0.717, 1.165) is 23.1 Å². The molecule has 210 valence electrons. The maximum atomic E-state index is 12.3. The van der Waals surface area contributed by atoms with Crippen molar-refractivity contribution in [1.29, 1.82) is 0 Å². The Morgan fingerprint density at radius 3 is 2.13 bits per heavy atom. The van der Waals surface area contributed by atoms with Crippen LogP contribution >= 0.6 is 0 Å². The minimum absolute atomic E-state index is 0.0362. The van der Waals surface area contributed by atoms with Crippen LogP contribution in [0.1, 0.15) is 61.0 Å². The van der Waals surface area contributed by atoms with E-state index in [1.54, 1.807) is 12.1 Å². The van der Waals surface area contributed by atoms with Gasteiger partial charge in [0, 0.05) is 23.8 Å². The van der Waals surface area contributed by atoms with E-state index in [0.29, 0.717) is 25.7 Å². The Morgan fingerprint density at radius 2 is 1.53 bits per heavy atom. The summed E-state index contributed by atoms with van der Waals surface area (Å²) in [5.74, 6) is -0.0914. The Kier molecular flexibility index (Phi) is 10.8. The lowest BCUT2D eigenvalue weighted by Crippen LogP contribution is -2.55. The number of hydrogen-bond acceptors (Lipinski definition) is 9. The third-order valence-corrected chi connectivity index (χ3v) is 7.64. The number of aryl methyl sites for hydroxylation is 1. The van der Waals surface area contributed by atoms with Gasteiger partial charge >= 0.3 is 0 Å². The second-order valence-electron chi connectivity index (χ2n) is 10.4. The number of aromatic hydroxyl groups is 1. The number of carbonyl (C=O) groups excluding carboxylic acids is 1. The lowest BCUT2D eigenvalue weighted by atomic mass is 9.81. The molecule has 1 aliphatic rings. The molecule has 1 aliphatic heterocycles. The highest BCUT2D eigenvalue weighted by Gasteiger charge is 2.44. The van der Waals surface area contributed by atoms with Gasteiger partial charge in [-0.2, -0.15) is 0 Å². The van der Waals surface area contributed by atoms with E-state index < -0.39 is 42.5 Å². The van der Waals surface area contributed by atoms with Crippen molar-refractivity contribution in [2.75, 3.05) is 19.8 Å². The lowest BCUT2D eigenvalue weighted by molar-refractivity contribution is -0.232. The molecule has 0 aliphatic carbocycles. The number of phenolic OH excluding ortho intramolecular Hbond substituents is 1. The van der Waals surface area contributed by atoms with Gasteiger partial charge in [0.05, 0.1) is 19.8 Å².